The van der Waals surface area contributed by atoms with Gasteiger partial charge in [-0.3, -0.25) is 0 Å². The molecule has 0 radical (unpaired) electrons. The molecule has 0 saturated heterocycles. The lowest BCUT2D eigenvalue weighted by atomic mass is 10.3. The van der Waals surface area contributed by atoms with Crippen molar-refractivity contribution in [3.63, 3.8) is 0 Å². The van der Waals surface area contributed by atoms with Gasteiger partial charge >= 0.3 is 5.97 Å². The molecule has 0 aliphatic carbocycles. The Kier molecular flexibility index (Phi) is 3.37. The van der Waals surface area contributed by atoms with Crippen LogP contribution in [-0.2, 0) is 4.74 Å². The Morgan fingerprint density at radius 2 is 2.46 bits per heavy atom. The molecule has 0 spiro atoms. The van der Waals surface area contributed by atoms with Gasteiger partial charge in [0, 0.05) is 6.20 Å². The summed E-state index contributed by atoms with van der Waals surface area (Å²) in [5, 5.41) is 9.12. The molecule has 0 unspecified atom stereocenters. The second kappa shape index (κ2) is 4.54. The maximum absolute atomic E-state index is 11.2. The zero-order chi connectivity index (χ0) is 9.68. The van der Waals surface area contributed by atoms with E-state index in [-0.39, 0.29) is 11.4 Å². The standard InChI is InChI=1S/C9H13NO3/c1-2-3-6-13-9(12)7-4-5-10-8(7)11/h4-5,10-11H,2-3,6H2,1H3. The highest BCUT2D eigenvalue weighted by molar-refractivity contribution is 5.91. The number of esters is 1. The Morgan fingerprint density at radius 3 is 3.00 bits per heavy atom. The molecule has 1 heterocycles. The zero-order valence-corrected chi connectivity index (χ0v) is 7.54. The Morgan fingerprint density at radius 1 is 1.69 bits per heavy atom. The number of aromatic amines is 1. The summed E-state index contributed by atoms with van der Waals surface area (Å²) in [4.78, 5) is 13.7. The van der Waals surface area contributed by atoms with E-state index in [1.54, 1.807) is 0 Å². The SMILES string of the molecule is CCCCOC(=O)c1cc[nH]c1O. The van der Waals surface area contributed by atoms with Crippen LogP contribution in [0.15, 0.2) is 12.3 Å². The van der Waals surface area contributed by atoms with Crippen molar-refractivity contribution in [2.75, 3.05) is 6.61 Å². The Bertz CT molecular complexity index is 280. The number of hydrogen-bond donors (Lipinski definition) is 2. The van der Waals surface area contributed by atoms with Crippen LogP contribution in [0.3, 0.4) is 0 Å². The van der Waals surface area contributed by atoms with Gasteiger partial charge in [-0.25, -0.2) is 4.79 Å². The van der Waals surface area contributed by atoms with E-state index in [0.29, 0.717) is 6.61 Å². The summed E-state index contributed by atoms with van der Waals surface area (Å²) >= 11 is 0. The van der Waals surface area contributed by atoms with Crippen LogP contribution in [0.4, 0.5) is 0 Å². The van der Waals surface area contributed by atoms with E-state index in [4.69, 9.17) is 9.84 Å². The minimum atomic E-state index is -0.479. The van der Waals surface area contributed by atoms with E-state index in [2.05, 4.69) is 4.98 Å². The number of ether oxygens (including phenoxy) is 1. The fourth-order valence-electron chi connectivity index (χ4n) is 0.912. The average Bonchev–Trinajstić information content (AvgIpc) is 2.52. The molecule has 0 atom stereocenters. The number of unbranched alkanes of at least 4 members (excludes halogenated alkanes) is 1. The normalized spacial score (nSPS) is 9.92. The van der Waals surface area contributed by atoms with Gasteiger partial charge in [0.2, 0.25) is 5.88 Å². The second-order valence-electron chi connectivity index (χ2n) is 2.73. The number of aromatic hydroxyl groups is 1. The van der Waals surface area contributed by atoms with Crippen molar-refractivity contribution in [2.24, 2.45) is 0 Å². The van der Waals surface area contributed by atoms with Gasteiger partial charge in [-0.15, -0.1) is 0 Å². The molecule has 72 valence electrons. The van der Waals surface area contributed by atoms with Crippen molar-refractivity contribution in [3.05, 3.63) is 17.8 Å². The first-order valence-corrected chi connectivity index (χ1v) is 4.29. The quantitative estimate of drug-likeness (QED) is 0.551. The number of aromatic nitrogens is 1. The van der Waals surface area contributed by atoms with Crippen LogP contribution in [0.2, 0.25) is 0 Å². The molecule has 0 amide bonds. The van der Waals surface area contributed by atoms with Crippen molar-refractivity contribution in [1.82, 2.24) is 4.98 Å². The average molecular weight is 183 g/mol. The molecule has 0 bridgehead atoms. The predicted molar refractivity (Wildman–Crippen MR) is 47.6 cm³/mol. The van der Waals surface area contributed by atoms with Crippen molar-refractivity contribution in [2.45, 2.75) is 19.8 Å². The molecule has 0 aliphatic rings. The third-order valence-corrected chi connectivity index (χ3v) is 1.68. The van der Waals surface area contributed by atoms with Crippen molar-refractivity contribution in [1.29, 1.82) is 0 Å². The highest BCUT2D eigenvalue weighted by atomic mass is 16.5. The van der Waals surface area contributed by atoms with Gasteiger partial charge < -0.3 is 14.8 Å². The lowest BCUT2D eigenvalue weighted by molar-refractivity contribution is 0.0496. The summed E-state index contributed by atoms with van der Waals surface area (Å²) < 4.78 is 4.89. The molecule has 1 aromatic heterocycles. The van der Waals surface area contributed by atoms with E-state index in [9.17, 15) is 4.79 Å². The summed E-state index contributed by atoms with van der Waals surface area (Å²) in [5.41, 5.74) is 0.191. The fraction of sp³-hybridized carbons (Fsp3) is 0.444. The van der Waals surface area contributed by atoms with Crippen molar-refractivity contribution >= 4 is 5.97 Å². The number of H-pyrrole nitrogens is 1. The smallest absolute Gasteiger partial charge is 0.343 e. The topological polar surface area (TPSA) is 62.3 Å². The first-order valence-electron chi connectivity index (χ1n) is 4.29. The van der Waals surface area contributed by atoms with E-state index in [1.807, 2.05) is 6.92 Å². The predicted octanol–water partition coefficient (Wildman–Crippen LogP) is 1.68. The first kappa shape index (κ1) is 9.64. The van der Waals surface area contributed by atoms with Gasteiger partial charge in [0.15, 0.2) is 0 Å². The minimum Gasteiger partial charge on any atom is -0.494 e. The van der Waals surface area contributed by atoms with Crippen LogP contribution < -0.4 is 0 Å². The molecule has 1 aromatic rings. The molecule has 4 nitrogen and oxygen atoms in total. The molecular weight excluding hydrogens is 170 g/mol. The van der Waals surface area contributed by atoms with Crippen LogP contribution >= 0.6 is 0 Å². The van der Waals surface area contributed by atoms with Crippen LogP contribution in [0, 0.1) is 0 Å². The number of nitrogens with one attached hydrogen (secondary N) is 1. The molecule has 2 N–H and O–H groups in total. The molecule has 0 fully saturated rings. The van der Waals surface area contributed by atoms with E-state index in [0.717, 1.165) is 12.8 Å². The van der Waals surface area contributed by atoms with Crippen LogP contribution in [0.5, 0.6) is 5.88 Å². The second-order valence-corrected chi connectivity index (χ2v) is 2.73. The summed E-state index contributed by atoms with van der Waals surface area (Å²) in [5.74, 6) is -0.617. The largest absolute Gasteiger partial charge is 0.494 e. The number of carbonyl (C=O) groups is 1. The summed E-state index contributed by atoms with van der Waals surface area (Å²) in [6.45, 7) is 2.42. The Balaban J connectivity index is 2.45. The van der Waals surface area contributed by atoms with Crippen molar-refractivity contribution in [3.8, 4) is 5.88 Å². The zero-order valence-electron chi connectivity index (χ0n) is 7.54. The number of rotatable bonds is 4. The minimum absolute atomic E-state index is 0.138. The third kappa shape index (κ3) is 2.50. The summed E-state index contributed by atoms with van der Waals surface area (Å²) in [6, 6.07) is 1.49. The van der Waals surface area contributed by atoms with Gasteiger partial charge in [-0.2, -0.15) is 0 Å². The number of hydrogen-bond acceptors (Lipinski definition) is 3. The highest BCUT2D eigenvalue weighted by Crippen LogP contribution is 2.14. The van der Waals surface area contributed by atoms with Crippen LogP contribution in [0.1, 0.15) is 30.1 Å². The molecular formula is C9H13NO3. The van der Waals surface area contributed by atoms with Gasteiger partial charge in [0.1, 0.15) is 5.56 Å². The molecule has 0 aromatic carbocycles. The Hall–Kier alpha value is -1.45. The Labute approximate surface area is 76.5 Å². The monoisotopic (exact) mass is 183 g/mol. The molecule has 0 aliphatic heterocycles. The van der Waals surface area contributed by atoms with E-state index >= 15 is 0 Å². The van der Waals surface area contributed by atoms with Gasteiger partial charge in [0.25, 0.3) is 0 Å². The maximum atomic E-state index is 11.2. The summed E-state index contributed by atoms with van der Waals surface area (Å²) in [7, 11) is 0. The van der Waals surface area contributed by atoms with E-state index < -0.39 is 5.97 Å². The lowest BCUT2D eigenvalue weighted by Crippen LogP contribution is -2.05. The number of carbonyl (C=O) groups excluding carboxylic acids is 1. The molecule has 0 saturated carbocycles. The van der Waals surface area contributed by atoms with Crippen LogP contribution in [-0.4, -0.2) is 22.7 Å². The first-order chi connectivity index (χ1) is 6.25. The third-order valence-electron chi connectivity index (χ3n) is 1.68. The van der Waals surface area contributed by atoms with Crippen LogP contribution in [0.25, 0.3) is 0 Å². The van der Waals surface area contributed by atoms with Crippen molar-refractivity contribution < 1.29 is 14.6 Å². The highest BCUT2D eigenvalue weighted by Gasteiger charge is 2.12. The molecule has 1 rings (SSSR count). The van der Waals surface area contributed by atoms with Gasteiger partial charge in [0.05, 0.1) is 6.61 Å². The lowest BCUT2D eigenvalue weighted by Gasteiger charge is -2.01. The fourth-order valence-corrected chi connectivity index (χ4v) is 0.912. The van der Waals surface area contributed by atoms with Gasteiger partial charge in [-0.1, -0.05) is 13.3 Å². The van der Waals surface area contributed by atoms with Gasteiger partial charge in [-0.05, 0) is 12.5 Å². The van der Waals surface area contributed by atoms with E-state index in [1.165, 1.54) is 12.3 Å². The molecule has 4 heteroatoms. The maximum Gasteiger partial charge on any atom is 0.343 e. The molecule has 13 heavy (non-hydrogen) atoms. The summed E-state index contributed by atoms with van der Waals surface area (Å²) in [6.07, 6.45) is 3.31.